The Labute approximate surface area is 150 Å². The number of amides is 1. The minimum absolute atomic E-state index is 0.0305. The van der Waals surface area contributed by atoms with Crippen LogP contribution in [0.25, 0.3) is 0 Å². The molecule has 3 saturated heterocycles. The largest absolute Gasteiger partial charge is 0.339 e. The lowest BCUT2D eigenvalue weighted by Gasteiger charge is -2.35. The van der Waals surface area contributed by atoms with Gasteiger partial charge in [-0.3, -0.25) is 4.79 Å². The van der Waals surface area contributed by atoms with E-state index < -0.39 is 10.0 Å². The molecule has 2 bridgehead atoms. The fourth-order valence-electron chi connectivity index (χ4n) is 3.55. The Bertz CT molecular complexity index is 877. The van der Waals surface area contributed by atoms with Crippen molar-refractivity contribution in [2.24, 2.45) is 13.0 Å². The highest BCUT2D eigenvalue weighted by Gasteiger charge is 2.44. The number of fused-ring (bicyclic) bond motifs is 4. The van der Waals surface area contributed by atoms with Crippen molar-refractivity contribution in [3.8, 4) is 0 Å². The van der Waals surface area contributed by atoms with Crippen molar-refractivity contribution in [3.05, 3.63) is 29.1 Å². The maximum Gasteiger partial charge on any atom is 0.262 e. The molecule has 1 amide bonds. The molecule has 0 saturated carbocycles. The minimum Gasteiger partial charge on any atom is -0.339 e. The molecule has 0 unspecified atom stereocenters. The van der Waals surface area contributed by atoms with E-state index in [1.807, 2.05) is 5.38 Å². The highest BCUT2D eigenvalue weighted by atomic mass is 32.2. The first-order valence-corrected chi connectivity index (χ1v) is 10.5. The third kappa shape index (κ3) is 2.98. The van der Waals surface area contributed by atoms with Crippen LogP contribution < -0.4 is 0 Å². The number of nitrogens with zero attached hydrogens (tertiary/aromatic N) is 5. The standard InChI is InChI=1S/C15H19N5O3S2/c1-18-7-14(16-9-18)25(22,23)19-4-11-2-3-13(6-19)20(15(11)21)5-12-8-24-10-17-12/h7-11,13H,2-6H2,1H3/t11-,13+/m1/s1. The first-order valence-electron chi connectivity index (χ1n) is 8.11. The molecule has 10 heteroatoms. The minimum atomic E-state index is -3.69. The molecule has 134 valence electrons. The van der Waals surface area contributed by atoms with Crippen LogP contribution in [0, 0.1) is 5.92 Å². The van der Waals surface area contributed by atoms with Crippen molar-refractivity contribution in [2.45, 2.75) is 30.5 Å². The lowest BCUT2D eigenvalue weighted by Crippen LogP contribution is -2.47. The molecule has 0 radical (unpaired) electrons. The summed E-state index contributed by atoms with van der Waals surface area (Å²) in [5.74, 6) is -0.265. The average molecular weight is 381 g/mol. The van der Waals surface area contributed by atoms with Gasteiger partial charge in [0.2, 0.25) is 5.91 Å². The quantitative estimate of drug-likeness (QED) is 0.777. The third-order valence-electron chi connectivity index (χ3n) is 4.86. The number of imidazole rings is 1. The van der Waals surface area contributed by atoms with Crippen molar-refractivity contribution < 1.29 is 13.2 Å². The monoisotopic (exact) mass is 381 g/mol. The highest BCUT2D eigenvalue weighted by Crippen LogP contribution is 2.32. The van der Waals surface area contributed by atoms with E-state index in [-0.39, 0.29) is 29.4 Å². The number of carbonyl (C=O) groups is 1. The Morgan fingerprint density at radius 3 is 2.80 bits per heavy atom. The SMILES string of the molecule is Cn1cnc(S(=O)(=O)N2C[C@H]3CC[C@@H](C2)N(Cc2cscn2)C3=O)c1. The molecule has 2 atom stereocenters. The molecule has 0 aromatic carbocycles. The number of aromatic nitrogens is 3. The molecule has 0 aliphatic carbocycles. The van der Waals surface area contributed by atoms with Crippen molar-refractivity contribution >= 4 is 27.3 Å². The number of sulfonamides is 1. The zero-order valence-electron chi connectivity index (χ0n) is 13.8. The van der Waals surface area contributed by atoms with Gasteiger partial charge in [0.15, 0.2) is 5.03 Å². The van der Waals surface area contributed by atoms with Crippen LogP contribution >= 0.6 is 11.3 Å². The summed E-state index contributed by atoms with van der Waals surface area (Å²) in [6, 6.07) is -0.119. The van der Waals surface area contributed by atoms with Crippen LogP contribution in [0.3, 0.4) is 0 Å². The van der Waals surface area contributed by atoms with Gasteiger partial charge in [0, 0.05) is 37.8 Å². The smallest absolute Gasteiger partial charge is 0.262 e. The number of thiazole rings is 1. The van der Waals surface area contributed by atoms with Gasteiger partial charge in [-0.05, 0) is 12.8 Å². The van der Waals surface area contributed by atoms with Gasteiger partial charge in [-0.25, -0.2) is 18.4 Å². The highest BCUT2D eigenvalue weighted by molar-refractivity contribution is 7.89. The summed E-state index contributed by atoms with van der Waals surface area (Å²) in [5.41, 5.74) is 2.60. The molecular weight excluding hydrogens is 362 g/mol. The van der Waals surface area contributed by atoms with Crippen LogP contribution in [0.1, 0.15) is 18.5 Å². The lowest BCUT2D eigenvalue weighted by atomic mass is 9.94. The van der Waals surface area contributed by atoms with Crippen LogP contribution in [0.2, 0.25) is 0 Å². The van der Waals surface area contributed by atoms with Crippen molar-refractivity contribution in [2.75, 3.05) is 13.1 Å². The molecule has 5 heterocycles. The number of piperidine rings is 1. The summed E-state index contributed by atoms with van der Waals surface area (Å²) >= 11 is 1.49. The molecule has 2 aromatic rings. The molecule has 8 nitrogen and oxygen atoms in total. The molecule has 5 rings (SSSR count). The number of hydrogen-bond acceptors (Lipinski definition) is 6. The Hall–Kier alpha value is -1.78. The fourth-order valence-corrected chi connectivity index (χ4v) is 5.59. The second-order valence-corrected chi connectivity index (χ2v) is 9.18. The van der Waals surface area contributed by atoms with E-state index in [2.05, 4.69) is 9.97 Å². The van der Waals surface area contributed by atoms with Crippen LogP contribution in [-0.2, 0) is 28.4 Å². The third-order valence-corrected chi connectivity index (χ3v) is 7.21. The average Bonchev–Trinajstić information content (AvgIpc) is 3.16. The van der Waals surface area contributed by atoms with E-state index in [0.717, 1.165) is 18.5 Å². The summed E-state index contributed by atoms with van der Waals surface area (Å²) in [6.45, 7) is 0.980. The van der Waals surface area contributed by atoms with Crippen LogP contribution in [0.5, 0.6) is 0 Å². The molecule has 3 fully saturated rings. The van der Waals surface area contributed by atoms with E-state index in [1.54, 1.807) is 22.0 Å². The van der Waals surface area contributed by atoms with Gasteiger partial charge in [-0.15, -0.1) is 11.3 Å². The van der Waals surface area contributed by atoms with Gasteiger partial charge in [0.05, 0.1) is 30.0 Å². The van der Waals surface area contributed by atoms with Crippen LogP contribution in [-0.4, -0.2) is 57.2 Å². The van der Waals surface area contributed by atoms with Crippen molar-refractivity contribution in [1.82, 2.24) is 23.7 Å². The Morgan fingerprint density at radius 2 is 2.12 bits per heavy atom. The van der Waals surface area contributed by atoms with Gasteiger partial charge in [0.25, 0.3) is 10.0 Å². The van der Waals surface area contributed by atoms with E-state index in [1.165, 1.54) is 28.2 Å². The number of carbonyl (C=O) groups excluding carboxylic acids is 1. The van der Waals surface area contributed by atoms with E-state index >= 15 is 0 Å². The maximum atomic E-state index is 12.9. The number of hydrogen-bond donors (Lipinski definition) is 0. The van der Waals surface area contributed by atoms with Gasteiger partial charge < -0.3 is 9.47 Å². The van der Waals surface area contributed by atoms with Gasteiger partial charge in [-0.2, -0.15) is 4.31 Å². The molecule has 3 aliphatic rings. The molecule has 2 aromatic heterocycles. The summed E-state index contributed by atoms with van der Waals surface area (Å²) in [4.78, 5) is 22.9. The zero-order chi connectivity index (χ0) is 17.6. The van der Waals surface area contributed by atoms with Gasteiger partial charge in [0.1, 0.15) is 0 Å². The summed E-state index contributed by atoms with van der Waals surface area (Å²) < 4.78 is 28.9. The maximum absolute atomic E-state index is 12.9. The van der Waals surface area contributed by atoms with Gasteiger partial charge >= 0.3 is 0 Å². The molecule has 0 N–H and O–H groups in total. The van der Waals surface area contributed by atoms with Crippen LogP contribution in [0.4, 0.5) is 0 Å². The predicted molar refractivity (Wildman–Crippen MR) is 91.1 cm³/mol. The predicted octanol–water partition coefficient (Wildman–Crippen LogP) is 0.688. The topological polar surface area (TPSA) is 88.4 Å². The molecule has 25 heavy (non-hydrogen) atoms. The second kappa shape index (κ2) is 6.19. The summed E-state index contributed by atoms with van der Waals surface area (Å²) in [6.07, 6.45) is 4.51. The second-order valence-electron chi connectivity index (χ2n) is 6.57. The normalized spacial score (nSPS) is 24.7. The Kier molecular flexibility index (Phi) is 4.13. The Balaban J connectivity index is 1.61. The molecular formula is C15H19N5O3S2. The van der Waals surface area contributed by atoms with Gasteiger partial charge in [-0.1, -0.05) is 0 Å². The number of rotatable bonds is 4. The lowest BCUT2D eigenvalue weighted by molar-refractivity contribution is -0.140. The Morgan fingerprint density at radius 1 is 1.28 bits per heavy atom. The molecule has 3 aliphatic heterocycles. The van der Waals surface area contributed by atoms with E-state index in [4.69, 9.17) is 0 Å². The molecule has 0 spiro atoms. The number of aryl methyl sites for hydroxylation is 1. The zero-order valence-corrected chi connectivity index (χ0v) is 15.4. The first-order chi connectivity index (χ1) is 11.9. The summed E-state index contributed by atoms with van der Waals surface area (Å²) in [7, 11) is -1.96. The summed E-state index contributed by atoms with van der Waals surface area (Å²) in [5, 5.41) is 1.96. The van der Waals surface area contributed by atoms with E-state index in [9.17, 15) is 13.2 Å². The van der Waals surface area contributed by atoms with E-state index in [0.29, 0.717) is 13.1 Å². The van der Waals surface area contributed by atoms with Crippen molar-refractivity contribution in [1.29, 1.82) is 0 Å². The first kappa shape index (κ1) is 16.7. The van der Waals surface area contributed by atoms with Crippen molar-refractivity contribution in [3.63, 3.8) is 0 Å². The fraction of sp³-hybridized carbons (Fsp3) is 0.533. The van der Waals surface area contributed by atoms with Crippen LogP contribution in [0.15, 0.2) is 28.4 Å².